The molecule has 1 heterocycles. The molecule has 262 valence electrons. The van der Waals surface area contributed by atoms with Crippen molar-refractivity contribution in [3.8, 4) is 0 Å². The highest BCUT2D eigenvalue weighted by atomic mass is 16.7. The summed E-state index contributed by atoms with van der Waals surface area (Å²) in [5, 5.41) is 76.6. The predicted octanol–water partition coefficient (Wildman–Crippen LogP) is 2.08. The first-order valence-electron chi connectivity index (χ1n) is 17.7. The van der Waals surface area contributed by atoms with Gasteiger partial charge in [-0.2, -0.15) is 0 Å². The molecule has 0 amide bonds. The third kappa shape index (κ3) is 6.28. The van der Waals surface area contributed by atoms with E-state index >= 15 is 0 Å². The lowest BCUT2D eigenvalue weighted by Crippen LogP contribution is -2.63. The van der Waals surface area contributed by atoms with Gasteiger partial charge in [-0.15, -0.1) is 0 Å². The summed E-state index contributed by atoms with van der Waals surface area (Å²) < 4.78 is 16.6. The highest BCUT2D eigenvalue weighted by molar-refractivity contribution is 5.16. The molecule has 0 aromatic heterocycles. The normalized spacial score (nSPS) is 51.3. The van der Waals surface area contributed by atoms with Crippen LogP contribution in [0.2, 0.25) is 0 Å². The predicted molar refractivity (Wildman–Crippen MR) is 167 cm³/mol. The number of aliphatic hydroxyl groups excluding tert-OH is 7. The van der Waals surface area contributed by atoms with Crippen LogP contribution < -0.4 is 0 Å². The van der Waals surface area contributed by atoms with Crippen LogP contribution >= 0.6 is 0 Å². The number of hydrogen-bond donors (Lipinski definition) is 7. The molecular weight excluding hydrogens is 580 g/mol. The number of aliphatic hydroxyl groups is 7. The summed E-state index contributed by atoms with van der Waals surface area (Å²) in [5.41, 5.74) is -0.577. The van der Waals surface area contributed by atoms with E-state index in [1.165, 1.54) is 7.11 Å². The second kappa shape index (κ2) is 13.8. The van der Waals surface area contributed by atoms with Crippen LogP contribution in [-0.4, -0.2) is 111 Å². The number of hydrogen-bond acceptors (Lipinski definition) is 10. The molecule has 18 atom stereocenters. The van der Waals surface area contributed by atoms with Crippen molar-refractivity contribution >= 4 is 0 Å². The number of rotatable bonds is 10. The van der Waals surface area contributed by atoms with Crippen LogP contribution in [-0.2, 0) is 14.2 Å². The largest absolute Gasteiger partial charge is 0.393 e. The topological polar surface area (TPSA) is 169 Å². The second-order valence-corrected chi connectivity index (χ2v) is 16.5. The van der Waals surface area contributed by atoms with Crippen LogP contribution in [0.15, 0.2) is 0 Å². The molecule has 5 fully saturated rings. The van der Waals surface area contributed by atoms with Crippen molar-refractivity contribution < 1.29 is 50.0 Å². The Morgan fingerprint density at radius 3 is 2.11 bits per heavy atom. The molecule has 1 saturated heterocycles. The van der Waals surface area contributed by atoms with Crippen LogP contribution in [0.1, 0.15) is 86.0 Å². The van der Waals surface area contributed by atoms with E-state index in [4.69, 9.17) is 14.2 Å². The standard InChI is InChI=1S/C35H62O10/c1-17(2)19(11-14-44-33-32(42)29(39)24(43-6)16-45-33)8-7-18(3)25-30(40)31(41)26-20-15-23(37)27-28(38)22(36)10-13-34(27,4)21(20)9-12-35(25,26)5/h17-33,36-42H,7-16H2,1-6H3/t18-,19-,20-,21+,22+,23+,24-,25+,26-,27+,28+,29+,30-,31+,32-,33-,34-,35-/m1/s1. The van der Waals surface area contributed by atoms with E-state index in [9.17, 15) is 35.7 Å². The van der Waals surface area contributed by atoms with Gasteiger partial charge in [0.15, 0.2) is 6.29 Å². The van der Waals surface area contributed by atoms with Gasteiger partial charge in [-0.3, -0.25) is 0 Å². The fourth-order valence-corrected chi connectivity index (χ4v) is 11.4. The first kappa shape index (κ1) is 35.9. The first-order chi connectivity index (χ1) is 21.2. The molecule has 4 aliphatic carbocycles. The van der Waals surface area contributed by atoms with Gasteiger partial charge in [0.25, 0.3) is 0 Å². The van der Waals surface area contributed by atoms with Crippen LogP contribution in [0.3, 0.4) is 0 Å². The molecule has 0 aromatic rings. The van der Waals surface area contributed by atoms with Crippen LogP contribution in [0, 0.1) is 58.2 Å². The summed E-state index contributed by atoms with van der Waals surface area (Å²) >= 11 is 0. The van der Waals surface area contributed by atoms with Gasteiger partial charge in [0.05, 0.1) is 43.7 Å². The number of fused-ring (bicyclic) bond motifs is 5. The van der Waals surface area contributed by atoms with Crippen LogP contribution in [0.5, 0.6) is 0 Å². The minimum absolute atomic E-state index is 0.0555. The Morgan fingerprint density at radius 2 is 1.44 bits per heavy atom. The number of methoxy groups -OCH3 is 1. The summed E-state index contributed by atoms with van der Waals surface area (Å²) in [6, 6.07) is 0. The zero-order valence-corrected chi connectivity index (χ0v) is 28.2. The Kier molecular flexibility index (Phi) is 11.0. The maximum atomic E-state index is 11.7. The average molecular weight is 643 g/mol. The van der Waals surface area contributed by atoms with E-state index in [2.05, 4.69) is 34.6 Å². The lowest BCUT2D eigenvalue weighted by atomic mass is 9.43. The molecule has 0 radical (unpaired) electrons. The quantitative estimate of drug-likeness (QED) is 0.187. The van der Waals surface area contributed by atoms with Crippen molar-refractivity contribution in [2.45, 2.75) is 141 Å². The van der Waals surface area contributed by atoms with Crippen molar-refractivity contribution in [2.75, 3.05) is 20.3 Å². The van der Waals surface area contributed by atoms with Gasteiger partial charge >= 0.3 is 0 Å². The summed E-state index contributed by atoms with van der Waals surface area (Å²) in [4.78, 5) is 0. The third-order valence-corrected chi connectivity index (χ3v) is 13.9. The van der Waals surface area contributed by atoms with Gasteiger partial charge in [-0.05, 0) is 97.2 Å². The van der Waals surface area contributed by atoms with Gasteiger partial charge in [0, 0.05) is 13.0 Å². The molecule has 0 unspecified atom stereocenters. The molecule has 5 rings (SSSR count). The highest BCUT2D eigenvalue weighted by Crippen LogP contribution is 2.68. The zero-order valence-electron chi connectivity index (χ0n) is 28.2. The van der Waals surface area contributed by atoms with Crippen LogP contribution in [0.4, 0.5) is 0 Å². The molecular formula is C35H62O10. The molecule has 0 spiro atoms. The van der Waals surface area contributed by atoms with Gasteiger partial charge in [-0.1, -0.05) is 41.0 Å². The van der Waals surface area contributed by atoms with Crippen molar-refractivity contribution in [2.24, 2.45) is 58.2 Å². The van der Waals surface area contributed by atoms with E-state index in [-0.39, 0.29) is 52.9 Å². The SMILES string of the molecule is CO[C@@H]1CO[C@@H](OCC[C@@H](CC[C@@H](C)[C@H]2[C@@H](O)[C@@H](O)[C@H]3[C@@H]4C[C@H](O)[C@H]5[C@@H](O)[C@@H](O)CC[C@]5(C)[C@H]4CC[C@]23C)C(C)C)[C@H](O)[C@H]1O. The molecule has 10 nitrogen and oxygen atoms in total. The lowest BCUT2D eigenvalue weighted by Gasteiger charge is -2.63. The Morgan fingerprint density at radius 1 is 0.756 bits per heavy atom. The minimum Gasteiger partial charge on any atom is -0.393 e. The average Bonchev–Trinajstić information content (AvgIpc) is 3.19. The van der Waals surface area contributed by atoms with E-state index in [1.54, 1.807) is 0 Å². The zero-order chi connectivity index (χ0) is 33.0. The molecule has 5 aliphatic rings. The Balaban J connectivity index is 1.22. The van der Waals surface area contributed by atoms with E-state index < -0.39 is 55.1 Å². The van der Waals surface area contributed by atoms with E-state index in [0.717, 1.165) is 38.5 Å². The first-order valence-corrected chi connectivity index (χ1v) is 17.7. The fourth-order valence-electron chi connectivity index (χ4n) is 11.4. The van der Waals surface area contributed by atoms with Gasteiger partial charge < -0.3 is 50.0 Å². The summed E-state index contributed by atoms with van der Waals surface area (Å²) in [7, 11) is 1.47. The minimum atomic E-state index is -1.17. The van der Waals surface area contributed by atoms with Crippen molar-refractivity contribution in [3.63, 3.8) is 0 Å². The Hall–Kier alpha value is -0.400. The Bertz CT molecular complexity index is 982. The van der Waals surface area contributed by atoms with Gasteiger partial charge in [0.1, 0.15) is 18.3 Å². The number of ether oxygens (including phenoxy) is 3. The van der Waals surface area contributed by atoms with Crippen molar-refractivity contribution in [3.05, 3.63) is 0 Å². The summed E-state index contributed by atoms with van der Waals surface area (Å²) in [5.74, 6) is 0.649. The maximum absolute atomic E-state index is 11.7. The lowest BCUT2D eigenvalue weighted by molar-refractivity contribution is -0.274. The highest BCUT2D eigenvalue weighted by Gasteiger charge is 2.68. The molecule has 7 N–H and O–H groups in total. The second-order valence-electron chi connectivity index (χ2n) is 16.5. The molecule has 10 heteroatoms. The molecule has 1 aliphatic heterocycles. The van der Waals surface area contributed by atoms with E-state index in [1.807, 2.05) is 0 Å². The molecule has 0 bridgehead atoms. The monoisotopic (exact) mass is 642 g/mol. The summed E-state index contributed by atoms with van der Waals surface area (Å²) in [6.45, 7) is 11.6. The van der Waals surface area contributed by atoms with Gasteiger partial charge in [-0.25, -0.2) is 0 Å². The van der Waals surface area contributed by atoms with E-state index in [0.29, 0.717) is 31.3 Å². The molecule has 4 saturated carbocycles. The Labute approximate surface area is 269 Å². The molecule has 0 aromatic carbocycles. The van der Waals surface area contributed by atoms with Crippen LogP contribution in [0.25, 0.3) is 0 Å². The van der Waals surface area contributed by atoms with Crippen molar-refractivity contribution in [1.29, 1.82) is 0 Å². The molecule has 45 heavy (non-hydrogen) atoms. The summed E-state index contributed by atoms with van der Waals surface area (Å²) in [6.07, 6.45) is -1.70. The van der Waals surface area contributed by atoms with Crippen molar-refractivity contribution in [1.82, 2.24) is 0 Å². The van der Waals surface area contributed by atoms with Gasteiger partial charge in [0.2, 0.25) is 0 Å². The smallest absolute Gasteiger partial charge is 0.186 e. The fraction of sp³-hybridized carbons (Fsp3) is 1.00. The maximum Gasteiger partial charge on any atom is 0.186 e. The third-order valence-electron chi connectivity index (χ3n) is 13.9.